The SMILES string of the molecule is CNC(=O)c1ccc(/C=C/C(=O)O)cn1. The van der Waals surface area contributed by atoms with Gasteiger partial charge in [-0.05, 0) is 17.7 Å². The Labute approximate surface area is 86.5 Å². The summed E-state index contributed by atoms with van der Waals surface area (Å²) in [5.74, 6) is -1.30. The zero-order valence-corrected chi connectivity index (χ0v) is 8.10. The summed E-state index contributed by atoms with van der Waals surface area (Å²) in [7, 11) is 1.52. The molecule has 1 aromatic rings. The van der Waals surface area contributed by atoms with Crippen LogP contribution < -0.4 is 5.32 Å². The summed E-state index contributed by atoms with van der Waals surface area (Å²) in [6.07, 6.45) is 3.85. The van der Waals surface area contributed by atoms with E-state index in [1.165, 1.54) is 25.4 Å². The molecule has 0 aliphatic heterocycles. The highest BCUT2D eigenvalue weighted by atomic mass is 16.4. The van der Waals surface area contributed by atoms with Crippen molar-refractivity contribution in [2.24, 2.45) is 0 Å². The molecule has 0 aromatic carbocycles. The molecule has 5 heteroatoms. The first-order chi connectivity index (χ1) is 7.13. The average molecular weight is 206 g/mol. The van der Waals surface area contributed by atoms with Gasteiger partial charge in [0, 0.05) is 19.3 Å². The summed E-state index contributed by atoms with van der Waals surface area (Å²) in [6, 6.07) is 3.15. The van der Waals surface area contributed by atoms with Crippen molar-refractivity contribution >= 4 is 18.0 Å². The molecular weight excluding hydrogens is 196 g/mol. The standard InChI is InChI=1S/C10H10N2O3/c1-11-10(15)8-4-2-7(6-12-8)3-5-9(13)14/h2-6H,1H3,(H,11,15)(H,13,14)/b5-3+. The number of carbonyl (C=O) groups is 2. The van der Waals surface area contributed by atoms with Crippen LogP contribution in [-0.2, 0) is 4.79 Å². The zero-order chi connectivity index (χ0) is 11.3. The van der Waals surface area contributed by atoms with E-state index in [4.69, 9.17) is 5.11 Å². The average Bonchev–Trinajstić information content (AvgIpc) is 2.26. The van der Waals surface area contributed by atoms with Crippen LogP contribution in [-0.4, -0.2) is 29.0 Å². The third kappa shape index (κ3) is 3.22. The molecule has 1 aromatic heterocycles. The van der Waals surface area contributed by atoms with Gasteiger partial charge in [-0.3, -0.25) is 9.78 Å². The van der Waals surface area contributed by atoms with Crippen LogP contribution in [0, 0.1) is 0 Å². The molecule has 0 saturated carbocycles. The summed E-state index contributed by atoms with van der Waals surface area (Å²) < 4.78 is 0. The number of aromatic nitrogens is 1. The molecular formula is C10H10N2O3. The Morgan fingerprint density at radius 1 is 1.47 bits per heavy atom. The van der Waals surface area contributed by atoms with E-state index in [0.717, 1.165) is 6.08 Å². The second-order valence-electron chi connectivity index (χ2n) is 2.73. The highest BCUT2D eigenvalue weighted by Gasteiger charge is 2.02. The minimum atomic E-state index is -1.02. The van der Waals surface area contributed by atoms with Crippen LogP contribution in [0.5, 0.6) is 0 Å². The Morgan fingerprint density at radius 2 is 2.20 bits per heavy atom. The van der Waals surface area contributed by atoms with Crippen molar-refractivity contribution in [3.05, 3.63) is 35.7 Å². The third-order valence-electron chi connectivity index (χ3n) is 1.66. The summed E-state index contributed by atoms with van der Waals surface area (Å²) >= 11 is 0. The molecule has 15 heavy (non-hydrogen) atoms. The van der Waals surface area contributed by atoms with Gasteiger partial charge in [0.05, 0.1) is 0 Å². The van der Waals surface area contributed by atoms with Gasteiger partial charge in [-0.2, -0.15) is 0 Å². The van der Waals surface area contributed by atoms with Crippen molar-refractivity contribution < 1.29 is 14.7 Å². The molecule has 78 valence electrons. The van der Waals surface area contributed by atoms with Crippen LogP contribution >= 0.6 is 0 Å². The first-order valence-electron chi connectivity index (χ1n) is 4.22. The molecule has 0 aliphatic rings. The number of hydrogen-bond donors (Lipinski definition) is 2. The second kappa shape index (κ2) is 4.90. The van der Waals surface area contributed by atoms with Crippen molar-refractivity contribution in [1.29, 1.82) is 0 Å². The number of amides is 1. The van der Waals surface area contributed by atoms with E-state index in [2.05, 4.69) is 10.3 Å². The van der Waals surface area contributed by atoms with Crippen LogP contribution in [0.1, 0.15) is 16.1 Å². The predicted molar refractivity (Wildman–Crippen MR) is 54.3 cm³/mol. The number of carbonyl (C=O) groups excluding carboxylic acids is 1. The number of hydrogen-bond acceptors (Lipinski definition) is 3. The highest BCUT2D eigenvalue weighted by Crippen LogP contribution is 2.02. The van der Waals surface area contributed by atoms with E-state index in [0.29, 0.717) is 11.3 Å². The van der Waals surface area contributed by atoms with Crippen LogP contribution in [0.2, 0.25) is 0 Å². The fourth-order valence-electron chi connectivity index (χ4n) is 0.934. The van der Waals surface area contributed by atoms with Crippen molar-refractivity contribution in [3.63, 3.8) is 0 Å². The van der Waals surface area contributed by atoms with Gasteiger partial charge < -0.3 is 10.4 Å². The number of nitrogens with one attached hydrogen (secondary N) is 1. The minimum Gasteiger partial charge on any atom is -0.478 e. The van der Waals surface area contributed by atoms with Crippen molar-refractivity contribution in [2.75, 3.05) is 7.05 Å². The van der Waals surface area contributed by atoms with Gasteiger partial charge in [0.2, 0.25) is 0 Å². The van der Waals surface area contributed by atoms with Gasteiger partial charge in [-0.15, -0.1) is 0 Å². The second-order valence-corrected chi connectivity index (χ2v) is 2.73. The predicted octanol–water partition coefficient (Wildman–Crippen LogP) is 0.539. The summed E-state index contributed by atoms with van der Waals surface area (Å²) in [5, 5.41) is 10.8. The van der Waals surface area contributed by atoms with Crippen molar-refractivity contribution in [2.45, 2.75) is 0 Å². The molecule has 0 atom stereocenters. The van der Waals surface area contributed by atoms with Crippen LogP contribution in [0.25, 0.3) is 6.08 Å². The van der Waals surface area contributed by atoms with Gasteiger partial charge in [0.1, 0.15) is 5.69 Å². The van der Waals surface area contributed by atoms with E-state index in [1.807, 2.05) is 0 Å². The number of carboxylic acids is 1. The Balaban J connectivity index is 2.81. The van der Waals surface area contributed by atoms with E-state index >= 15 is 0 Å². The monoisotopic (exact) mass is 206 g/mol. The van der Waals surface area contributed by atoms with Gasteiger partial charge in [0.15, 0.2) is 0 Å². The van der Waals surface area contributed by atoms with Gasteiger partial charge in [-0.25, -0.2) is 4.79 Å². The van der Waals surface area contributed by atoms with E-state index in [1.54, 1.807) is 6.07 Å². The number of aliphatic carboxylic acids is 1. The largest absolute Gasteiger partial charge is 0.478 e. The molecule has 0 saturated heterocycles. The van der Waals surface area contributed by atoms with Crippen molar-refractivity contribution in [3.8, 4) is 0 Å². The molecule has 1 amide bonds. The Hall–Kier alpha value is -2.17. The lowest BCUT2D eigenvalue weighted by Crippen LogP contribution is -2.18. The Bertz CT molecular complexity index is 396. The minimum absolute atomic E-state index is 0.274. The lowest BCUT2D eigenvalue weighted by Gasteiger charge is -1.98. The van der Waals surface area contributed by atoms with E-state index in [9.17, 15) is 9.59 Å². The third-order valence-corrected chi connectivity index (χ3v) is 1.66. The molecule has 1 heterocycles. The lowest BCUT2D eigenvalue weighted by atomic mass is 10.2. The first-order valence-corrected chi connectivity index (χ1v) is 4.22. The number of pyridine rings is 1. The maximum absolute atomic E-state index is 11.1. The zero-order valence-electron chi connectivity index (χ0n) is 8.10. The van der Waals surface area contributed by atoms with Gasteiger partial charge in [0.25, 0.3) is 5.91 Å². The topological polar surface area (TPSA) is 79.3 Å². The quantitative estimate of drug-likeness (QED) is 0.707. The number of nitrogens with zero attached hydrogens (tertiary/aromatic N) is 1. The fourth-order valence-corrected chi connectivity index (χ4v) is 0.934. The molecule has 0 aliphatic carbocycles. The molecule has 0 bridgehead atoms. The Kier molecular flexibility index (Phi) is 3.56. The summed E-state index contributed by atoms with van der Waals surface area (Å²) in [5.41, 5.74) is 0.926. The van der Waals surface area contributed by atoms with Gasteiger partial charge in [-0.1, -0.05) is 6.07 Å². The molecule has 2 N–H and O–H groups in total. The Morgan fingerprint density at radius 3 is 2.67 bits per heavy atom. The van der Waals surface area contributed by atoms with Crippen LogP contribution in [0.3, 0.4) is 0 Å². The molecule has 1 rings (SSSR count). The van der Waals surface area contributed by atoms with Crippen LogP contribution in [0.4, 0.5) is 0 Å². The molecule has 5 nitrogen and oxygen atoms in total. The van der Waals surface area contributed by atoms with Crippen molar-refractivity contribution in [1.82, 2.24) is 10.3 Å². The normalized spacial score (nSPS) is 10.2. The maximum atomic E-state index is 11.1. The smallest absolute Gasteiger partial charge is 0.328 e. The maximum Gasteiger partial charge on any atom is 0.328 e. The summed E-state index contributed by atoms with van der Waals surface area (Å²) in [4.78, 5) is 25.2. The number of carboxylic acid groups (broad SMARTS) is 1. The molecule has 0 unspecified atom stereocenters. The first kappa shape index (κ1) is 10.9. The molecule has 0 radical (unpaired) electrons. The highest BCUT2D eigenvalue weighted by molar-refractivity contribution is 5.92. The molecule has 0 spiro atoms. The fraction of sp³-hybridized carbons (Fsp3) is 0.100. The lowest BCUT2D eigenvalue weighted by molar-refractivity contribution is -0.131. The van der Waals surface area contributed by atoms with Gasteiger partial charge >= 0.3 is 5.97 Å². The van der Waals surface area contributed by atoms with E-state index < -0.39 is 5.97 Å². The molecule has 0 fully saturated rings. The summed E-state index contributed by atoms with van der Waals surface area (Å²) in [6.45, 7) is 0. The van der Waals surface area contributed by atoms with E-state index in [-0.39, 0.29) is 5.91 Å². The number of rotatable bonds is 3. The van der Waals surface area contributed by atoms with Crippen LogP contribution in [0.15, 0.2) is 24.4 Å².